The van der Waals surface area contributed by atoms with Crippen LogP contribution in [0.15, 0.2) is 18.5 Å². The van der Waals surface area contributed by atoms with Crippen molar-refractivity contribution in [3.8, 4) is 0 Å². The van der Waals surface area contributed by atoms with E-state index in [0.717, 1.165) is 24.0 Å². The summed E-state index contributed by atoms with van der Waals surface area (Å²) >= 11 is 0. The zero-order chi connectivity index (χ0) is 10.6. The number of aryl methyl sites for hydroxylation is 1. The topological polar surface area (TPSA) is 33.1 Å². The summed E-state index contributed by atoms with van der Waals surface area (Å²) in [5.74, 6) is 0.309. The maximum absolute atomic E-state index is 10.0. The Morgan fingerprint density at radius 2 is 2.14 bits per heavy atom. The van der Waals surface area contributed by atoms with Crippen LogP contribution in [-0.4, -0.2) is 10.1 Å². The van der Waals surface area contributed by atoms with E-state index in [1.807, 2.05) is 13.0 Å². The Kier molecular flexibility index (Phi) is 4.08. The second-order valence-electron chi connectivity index (χ2n) is 4.01. The quantitative estimate of drug-likeness (QED) is 0.797. The summed E-state index contributed by atoms with van der Waals surface area (Å²) in [6, 6.07) is 2.00. The summed E-state index contributed by atoms with van der Waals surface area (Å²) < 4.78 is 0. The monoisotopic (exact) mass is 193 g/mol. The van der Waals surface area contributed by atoms with Crippen LogP contribution in [0.1, 0.15) is 43.9 Å². The molecule has 2 heteroatoms. The lowest BCUT2D eigenvalue weighted by Gasteiger charge is -2.18. The number of aliphatic hydroxyl groups excluding tert-OH is 1. The first-order chi connectivity index (χ1) is 6.65. The van der Waals surface area contributed by atoms with Gasteiger partial charge in [-0.15, -0.1) is 0 Å². The van der Waals surface area contributed by atoms with E-state index < -0.39 is 0 Å². The molecule has 14 heavy (non-hydrogen) atoms. The molecule has 1 heterocycles. The van der Waals surface area contributed by atoms with Gasteiger partial charge in [-0.3, -0.25) is 4.98 Å². The Bertz CT molecular complexity index is 285. The summed E-state index contributed by atoms with van der Waals surface area (Å²) in [4.78, 5) is 4.09. The van der Waals surface area contributed by atoms with Crippen molar-refractivity contribution in [2.75, 3.05) is 0 Å². The third-order valence-corrected chi connectivity index (χ3v) is 2.52. The number of rotatable bonds is 4. The standard InChI is InChI=1S/C12H19NO/c1-4-5-10(3)12(14)11-6-9(2)7-13-8-11/h6-8,10,12,14H,4-5H2,1-3H3. The van der Waals surface area contributed by atoms with Gasteiger partial charge in [0.25, 0.3) is 0 Å². The molecular formula is C12H19NO. The molecule has 0 aliphatic carbocycles. The average Bonchev–Trinajstić information content (AvgIpc) is 2.17. The molecular weight excluding hydrogens is 174 g/mol. The fourth-order valence-corrected chi connectivity index (χ4v) is 1.68. The maximum Gasteiger partial charge on any atom is 0.0830 e. The van der Waals surface area contributed by atoms with Crippen molar-refractivity contribution in [2.45, 2.75) is 39.7 Å². The molecule has 0 saturated carbocycles. The molecule has 1 rings (SSSR count). The van der Waals surface area contributed by atoms with E-state index in [1.165, 1.54) is 0 Å². The van der Waals surface area contributed by atoms with Crippen LogP contribution in [0.5, 0.6) is 0 Å². The van der Waals surface area contributed by atoms with Gasteiger partial charge in [-0.1, -0.05) is 26.3 Å². The summed E-state index contributed by atoms with van der Waals surface area (Å²) in [6.07, 6.45) is 5.35. The first kappa shape index (κ1) is 11.2. The lowest BCUT2D eigenvalue weighted by molar-refractivity contribution is 0.112. The first-order valence-electron chi connectivity index (χ1n) is 5.24. The highest BCUT2D eigenvalue weighted by molar-refractivity contribution is 5.19. The molecule has 1 aromatic rings. The largest absolute Gasteiger partial charge is 0.388 e. The van der Waals surface area contributed by atoms with Gasteiger partial charge in [0.15, 0.2) is 0 Å². The molecule has 2 nitrogen and oxygen atoms in total. The average molecular weight is 193 g/mol. The van der Waals surface area contributed by atoms with Crippen molar-refractivity contribution in [1.82, 2.24) is 4.98 Å². The SMILES string of the molecule is CCCC(C)C(O)c1cncc(C)c1. The molecule has 0 radical (unpaired) electrons. The molecule has 0 bridgehead atoms. The normalized spacial score (nSPS) is 15.1. The Balaban J connectivity index is 2.73. The van der Waals surface area contributed by atoms with Crippen LogP contribution in [0.25, 0.3) is 0 Å². The van der Waals surface area contributed by atoms with Crippen LogP contribution in [0.2, 0.25) is 0 Å². The summed E-state index contributed by atoms with van der Waals surface area (Å²) in [7, 11) is 0. The molecule has 0 amide bonds. The van der Waals surface area contributed by atoms with Crippen LogP contribution in [-0.2, 0) is 0 Å². The Hall–Kier alpha value is -0.890. The number of hydrogen-bond acceptors (Lipinski definition) is 2. The third kappa shape index (κ3) is 2.81. The van der Waals surface area contributed by atoms with Crippen molar-refractivity contribution >= 4 is 0 Å². The highest BCUT2D eigenvalue weighted by atomic mass is 16.3. The summed E-state index contributed by atoms with van der Waals surface area (Å²) in [5, 5.41) is 10.0. The first-order valence-corrected chi connectivity index (χ1v) is 5.24. The van der Waals surface area contributed by atoms with Gasteiger partial charge in [0.05, 0.1) is 6.10 Å². The predicted molar refractivity (Wildman–Crippen MR) is 58.0 cm³/mol. The Morgan fingerprint density at radius 3 is 2.71 bits per heavy atom. The van der Waals surface area contributed by atoms with Gasteiger partial charge >= 0.3 is 0 Å². The predicted octanol–water partition coefficient (Wildman–Crippen LogP) is 2.86. The van der Waals surface area contributed by atoms with Crippen LogP contribution < -0.4 is 0 Å². The van der Waals surface area contributed by atoms with E-state index in [0.29, 0.717) is 5.92 Å². The second-order valence-corrected chi connectivity index (χ2v) is 4.01. The van der Waals surface area contributed by atoms with Crippen LogP contribution in [0.4, 0.5) is 0 Å². The number of aromatic nitrogens is 1. The van der Waals surface area contributed by atoms with Crippen molar-refractivity contribution in [1.29, 1.82) is 0 Å². The number of hydrogen-bond donors (Lipinski definition) is 1. The second kappa shape index (κ2) is 5.11. The van der Waals surface area contributed by atoms with Gasteiger partial charge < -0.3 is 5.11 Å². The molecule has 0 aromatic carbocycles. The van der Waals surface area contributed by atoms with Gasteiger partial charge in [0, 0.05) is 12.4 Å². The smallest absolute Gasteiger partial charge is 0.0830 e. The Labute approximate surface area is 86.0 Å². The maximum atomic E-state index is 10.0. The van der Waals surface area contributed by atoms with E-state index in [9.17, 15) is 5.11 Å². The molecule has 0 fully saturated rings. The van der Waals surface area contributed by atoms with Gasteiger partial charge in [0.1, 0.15) is 0 Å². The number of nitrogens with zero attached hydrogens (tertiary/aromatic N) is 1. The summed E-state index contributed by atoms with van der Waals surface area (Å²) in [6.45, 7) is 6.21. The molecule has 2 unspecified atom stereocenters. The van der Waals surface area contributed by atoms with E-state index >= 15 is 0 Å². The van der Waals surface area contributed by atoms with Crippen molar-refractivity contribution in [3.05, 3.63) is 29.6 Å². The van der Waals surface area contributed by atoms with Gasteiger partial charge in [-0.2, -0.15) is 0 Å². The van der Waals surface area contributed by atoms with Gasteiger partial charge in [-0.25, -0.2) is 0 Å². The number of aliphatic hydroxyl groups is 1. The number of pyridine rings is 1. The minimum absolute atomic E-state index is 0.309. The zero-order valence-electron chi connectivity index (χ0n) is 9.20. The van der Waals surface area contributed by atoms with Crippen LogP contribution in [0, 0.1) is 12.8 Å². The minimum atomic E-state index is -0.373. The highest BCUT2D eigenvalue weighted by Crippen LogP contribution is 2.24. The molecule has 0 aliphatic rings. The van der Waals surface area contributed by atoms with E-state index in [1.54, 1.807) is 12.4 Å². The van der Waals surface area contributed by atoms with Crippen molar-refractivity contribution < 1.29 is 5.11 Å². The van der Waals surface area contributed by atoms with Crippen molar-refractivity contribution in [2.24, 2.45) is 5.92 Å². The molecule has 1 N–H and O–H groups in total. The van der Waals surface area contributed by atoms with E-state index in [2.05, 4.69) is 18.8 Å². The van der Waals surface area contributed by atoms with Crippen LogP contribution in [0.3, 0.4) is 0 Å². The zero-order valence-corrected chi connectivity index (χ0v) is 9.20. The molecule has 0 aliphatic heterocycles. The van der Waals surface area contributed by atoms with E-state index in [-0.39, 0.29) is 6.10 Å². The van der Waals surface area contributed by atoms with Crippen LogP contribution >= 0.6 is 0 Å². The minimum Gasteiger partial charge on any atom is -0.388 e. The molecule has 2 atom stereocenters. The fraction of sp³-hybridized carbons (Fsp3) is 0.583. The molecule has 1 aromatic heterocycles. The van der Waals surface area contributed by atoms with Gasteiger partial charge in [0.2, 0.25) is 0 Å². The third-order valence-electron chi connectivity index (χ3n) is 2.52. The van der Waals surface area contributed by atoms with E-state index in [4.69, 9.17) is 0 Å². The fourth-order valence-electron chi connectivity index (χ4n) is 1.68. The van der Waals surface area contributed by atoms with Crippen molar-refractivity contribution in [3.63, 3.8) is 0 Å². The summed E-state index contributed by atoms with van der Waals surface area (Å²) in [5.41, 5.74) is 2.04. The Morgan fingerprint density at radius 1 is 1.43 bits per heavy atom. The molecule has 0 saturated heterocycles. The lowest BCUT2D eigenvalue weighted by Crippen LogP contribution is -2.09. The van der Waals surface area contributed by atoms with Gasteiger partial charge in [-0.05, 0) is 30.4 Å². The lowest BCUT2D eigenvalue weighted by atomic mass is 9.94. The molecule has 0 spiro atoms. The molecule has 78 valence electrons. The highest BCUT2D eigenvalue weighted by Gasteiger charge is 2.15.